The van der Waals surface area contributed by atoms with Crippen LogP contribution in [0.5, 0.6) is 5.75 Å². The summed E-state index contributed by atoms with van der Waals surface area (Å²) in [5, 5.41) is 9.52. The van der Waals surface area contributed by atoms with Gasteiger partial charge in [-0.05, 0) is 24.6 Å². The maximum Gasteiger partial charge on any atom is 0.311 e. The summed E-state index contributed by atoms with van der Waals surface area (Å²) in [5.74, 6) is -0.678. The van der Waals surface area contributed by atoms with Gasteiger partial charge in [0.1, 0.15) is 5.75 Å². The first-order valence-electron chi connectivity index (χ1n) is 4.33. The van der Waals surface area contributed by atoms with E-state index in [1.165, 1.54) is 0 Å². The van der Waals surface area contributed by atoms with Gasteiger partial charge in [-0.25, -0.2) is 0 Å². The van der Waals surface area contributed by atoms with Crippen LogP contribution in [0.1, 0.15) is 17.9 Å². The van der Waals surface area contributed by atoms with E-state index in [1.54, 1.807) is 18.2 Å². The minimum Gasteiger partial charge on any atom is -0.493 e. The van der Waals surface area contributed by atoms with Gasteiger partial charge in [-0.1, -0.05) is 11.6 Å². The van der Waals surface area contributed by atoms with E-state index in [0.29, 0.717) is 29.4 Å². The Balaban J connectivity index is 2.46. The predicted molar refractivity (Wildman–Crippen MR) is 51.9 cm³/mol. The lowest BCUT2D eigenvalue weighted by Gasteiger charge is -2.22. The predicted octanol–water partition coefficient (Wildman–Crippen LogP) is 2.29. The molecule has 0 unspecified atom stereocenters. The highest BCUT2D eigenvalue weighted by Crippen LogP contribution is 2.35. The van der Waals surface area contributed by atoms with E-state index in [0.717, 1.165) is 0 Å². The summed E-state index contributed by atoms with van der Waals surface area (Å²) in [6.45, 7) is 0.450. The lowest BCUT2D eigenvalue weighted by Crippen LogP contribution is -2.20. The van der Waals surface area contributed by atoms with E-state index in [9.17, 15) is 4.79 Å². The summed E-state index contributed by atoms with van der Waals surface area (Å²) >= 11 is 5.80. The molecule has 1 aromatic rings. The van der Waals surface area contributed by atoms with Crippen molar-refractivity contribution in [2.45, 2.75) is 12.3 Å². The number of halogens is 1. The highest BCUT2D eigenvalue weighted by Gasteiger charge is 2.27. The molecule has 1 atom stereocenters. The number of hydrogen-bond acceptors (Lipinski definition) is 2. The van der Waals surface area contributed by atoms with Crippen molar-refractivity contribution in [3.8, 4) is 5.75 Å². The topological polar surface area (TPSA) is 46.5 Å². The van der Waals surface area contributed by atoms with Gasteiger partial charge in [0.25, 0.3) is 0 Å². The molecule has 3 nitrogen and oxygen atoms in total. The zero-order valence-corrected chi connectivity index (χ0v) is 8.12. The highest BCUT2D eigenvalue weighted by molar-refractivity contribution is 6.30. The van der Waals surface area contributed by atoms with Crippen LogP contribution < -0.4 is 4.74 Å². The highest BCUT2D eigenvalue weighted by atomic mass is 35.5. The zero-order valence-electron chi connectivity index (χ0n) is 7.37. The van der Waals surface area contributed by atoms with E-state index < -0.39 is 11.9 Å². The van der Waals surface area contributed by atoms with Crippen LogP contribution in [0.25, 0.3) is 0 Å². The molecule has 1 aliphatic heterocycles. The third-order valence-corrected chi connectivity index (χ3v) is 2.54. The summed E-state index contributed by atoms with van der Waals surface area (Å²) < 4.78 is 5.34. The molecule has 0 fully saturated rings. The van der Waals surface area contributed by atoms with Crippen LogP contribution in [-0.2, 0) is 4.79 Å². The summed E-state index contributed by atoms with van der Waals surface area (Å²) in [7, 11) is 0. The number of carbonyl (C=O) groups is 1. The lowest BCUT2D eigenvalue weighted by atomic mass is 9.93. The molecule has 0 saturated heterocycles. The second-order valence-electron chi connectivity index (χ2n) is 3.21. The zero-order chi connectivity index (χ0) is 10.1. The molecule has 74 valence electrons. The van der Waals surface area contributed by atoms with E-state index in [-0.39, 0.29) is 0 Å². The molecule has 4 heteroatoms. The molecule has 0 saturated carbocycles. The Hall–Kier alpha value is -1.22. The van der Waals surface area contributed by atoms with Crippen molar-refractivity contribution in [3.63, 3.8) is 0 Å². The van der Waals surface area contributed by atoms with Crippen LogP contribution in [-0.4, -0.2) is 17.7 Å². The van der Waals surface area contributed by atoms with Crippen molar-refractivity contribution in [3.05, 3.63) is 28.8 Å². The largest absolute Gasteiger partial charge is 0.493 e. The van der Waals surface area contributed by atoms with Crippen molar-refractivity contribution in [1.82, 2.24) is 0 Å². The maximum atomic E-state index is 10.9. The van der Waals surface area contributed by atoms with E-state index >= 15 is 0 Å². The molecule has 0 radical (unpaired) electrons. The number of hydrogen-bond donors (Lipinski definition) is 1. The average molecular weight is 213 g/mol. The summed E-state index contributed by atoms with van der Waals surface area (Å²) in [4.78, 5) is 10.9. The number of carboxylic acid groups (broad SMARTS) is 1. The number of carboxylic acids is 1. The number of rotatable bonds is 1. The SMILES string of the molecule is O=C(O)[C@H]1CCOc2ccc(Cl)cc21. The van der Waals surface area contributed by atoms with Gasteiger partial charge in [-0.3, -0.25) is 4.79 Å². The van der Waals surface area contributed by atoms with Gasteiger partial charge in [-0.2, -0.15) is 0 Å². The monoisotopic (exact) mass is 212 g/mol. The van der Waals surface area contributed by atoms with Crippen molar-refractivity contribution in [1.29, 1.82) is 0 Å². The molecule has 1 aromatic carbocycles. The smallest absolute Gasteiger partial charge is 0.311 e. The Morgan fingerprint density at radius 1 is 1.57 bits per heavy atom. The third kappa shape index (κ3) is 1.55. The summed E-state index contributed by atoms with van der Waals surface area (Å²) in [5.41, 5.74) is 0.677. The first-order chi connectivity index (χ1) is 6.68. The van der Waals surface area contributed by atoms with Gasteiger partial charge in [0.2, 0.25) is 0 Å². The van der Waals surface area contributed by atoms with Gasteiger partial charge < -0.3 is 9.84 Å². The lowest BCUT2D eigenvalue weighted by molar-refractivity contribution is -0.139. The second kappa shape index (κ2) is 3.50. The minimum atomic E-state index is -0.822. The van der Waals surface area contributed by atoms with Crippen LogP contribution in [0.2, 0.25) is 5.02 Å². The quantitative estimate of drug-likeness (QED) is 0.777. The molecule has 0 aromatic heterocycles. The fourth-order valence-corrected chi connectivity index (χ4v) is 1.80. The molecule has 1 N–H and O–H groups in total. The molecule has 0 spiro atoms. The standard InChI is InChI=1S/C10H9ClO3/c11-6-1-2-9-8(5-6)7(10(12)13)3-4-14-9/h1-2,5,7H,3-4H2,(H,12,13)/t7-/m0/s1. The van der Waals surface area contributed by atoms with E-state index in [1.807, 2.05) is 0 Å². The molecule has 1 heterocycles. The van der Waals surface area contributed by atoms with Gasteiger partial charge in [0, 0.05) is 10.6 Å². The Morgan fingerprint density at radius 3 is 3.07 bits per heavy atom. The first kappa shape index (κ1) is 9.34. The molecule has 2 rings (SSSR count). The van der Waals surface area contributed by atoms with Gasteiger partial charge in [0.05, 0.1) is 12.5 Å². The Morgan fingerprint density at radius 2 is 2.36 bits per heavy atom. The molecule has 14 heavy (non-hydrogen) atoms. The average Bonchev–Trinajstić information content (AvgIpc) is 2.16. The van der Waals surface area contributed by atoms with Crippen LogP contribution in [0.15, 0.2) is 18.2 Å². The number of fused-ring (bicyclic) bond motifs is 1. The fraction of sp³-hybridized carbons (Fsp3) is 0.300. The molecule has 0 bridgehead atoms. The Bertz CT molecular complexity index is 376. The van der Waals surface area contributed by atoms with Crippen LogP contribution in [0, 0.1) is 0 Å². The normalized spacial score (nSPS) is 19.6. The van der Waals surface area contributed by atoms with Crippen LogP contribution in [0.3, 0.4) is 0 Å². The van der Waals surface area contributed by atoms with Crippen molar-refractivity contribution >= 4 is 17.6 Å². The second-order valence-corrected chi connectivity index (χ2v) is 3.65. The molecule has 0 aliphatic carbocycles. The number of aliphatic carboxylic acids is 1. The van der Waals surface area contributed by atoms with Crippen LogP contribution >= 0.6 is 11.6 Å². The van der Waals surface area contributed by atoms with Gasteiger partial charge in [-0.15, -0.1) is 0 Å². The van der Waals surface area contributed by atoms with E-state index in [4.69, 9.17) is 21.4 Å². The molecule has 0 amide bonds. The number of benzene rings is 1. The van der Waals surface area contributed by atoms with Crippen LogP contribution in [0.4, 0.5) is 0 Å². The Kier molecular flexibility index (Phi) is 2.33. The molecular formula is C10H9ClO3. The van der Waals surface area contributed by atoms with Gasteiger partial charge >= 0.3 is 5.97 Å². The summed E-state index contributed by atoms with van der Waals surface area (Å²) in [6.07, 6.45) is 0.503. The van der Waals surface area contributed by atoms with Crippen molar-refractivity contribution in [2.75, 3.05) is 6.61 Å². The third-order valence-electron chi connectivity index (χ3n) is 2.31. The first-order valence-corrected chi connectivity index (χ1v) is 4.71. The van der Waals surface area contributed by atoms with E-state index in [2.05, 4.69) is 0 Å². The Labute approximate surface area is 86.3 Å². The molecular weight excluding hydrogens is 204 g/mol. The maximum absolute atomic E-state index is 10.9. The van der Waals surface area contributed by atoms with Crippen molar-refractivity contribution in [2.24, 2.45) is 0 Å². The minimum absolute atomic E-state index is 0.450. The number of ether oxygens (including phenoxy) is 1. The molecule has 1 aliphatic rings. The van der Waals surface area contributed by atoms with Crippen molar-refractivity contribution < 1.29 is 14.6 Å². The summed E-state index contributed by atoms with van der Waals surface area (Å²) in [6, 6.07) is 5.08. The fourth-order valence-electron chi connectivity index (χ4n) is 1.62. The van der Waals surface area contributed by atoms with Gasteiger partial charge in [0.15, 0.2) is 0 Å².